The lowest BCUT2D eigenvalue weighted by atomic mass is 10.0. The van der Waals surface area contributed by atoms with Crippen molar-refractivity contribution < 1.29 is 9.84 Å². The summed E-state index contributed by atoms with van der Waals surface area (Å²) in [4.78, 5) is 6.72. The molecule has 3 heterocycles. The highest BCUT2D eigenvalue weighted by Crippen LogP contribution is 2.28. The summed E-state index contributed by atoms with van der Waals surface area (Å²) in [5.41, 5.74) is 1.16. The molecular weight excluding hydrogens is 314 g/mol. The predicted octanol–water partition coefficient (Wildman–Crippen LogP) is 2.23. The van der Waals surface area contributed by atoms with E-state index in [9.17, 15) is 0 Å². The maximum Gasteiger partial charge on any atom is 0.139 e. The quantitative estimate of drug-likeness (QED) is 0.796. The van der Waals surface area contributed by atoms with Crippen LogP contribution in [0.5, 0.6) is 5.75 Å². The first-order valence-electron chi connectivity index (χ1n) is 8.52. The first-order chi connectivity index (χ1) is 10.8. The zero-order chi connectivity index (χ0) is 15.2. The van der Waals surface area contributed by atoms with Crippen LogP contribution in [0, 0.1) is 5.92 Å². The molecule has 2 atom stereocenters. The van der Waals surface area contributed by atoms with Gasteiger partial charge in [-0.15, -0.1) is 12.4 Å². The van der Waals surface area contributed by atoms with Gasteiger partial charge in [0.25, 0.3) is 0 Å². The van der Waals surface area contributed by atoms with Crippen LogP contribution >= 0.6 is 12.4 Å². The Bertz CT molecular complexity index is 469. The lowest BCUT2D eigenvalue weighted by Crippen LogP contribution is -2.28. The highest BCUT2D eigenvalue weighted by atomic mass is 35.5. The zero-order valence-electron chi connectivity index (χ0n) is 13.6. The van der Waals surface area contributed by atoms with E-state index in [-0.39, 0.29) is 12.4 Å². The fourth-order valence-electron chi connectivity index (χ4n) is 3.44. The van der Waals surface area contributed by atoms with Gasteiger partial charge < -0.3 is 20.1 Å². The molecule has 1 aromatic heterocycles. The first kappa shape index (κ1) is 18.3. The summed E-state index contributed by atoms with van der Waals surface area (Å²) in [5.74, 6) is 1.56. The lowest BCUT2D eigenvalue weighted by Gasteiger charge is -2.19. The van der Waals surface area contributed by atoms with E-state index in [0.717, 1.165) is 50.5 Å². The molecule has 2 aliphatic heterocycles. The van der Waals surface area contributed by atoms with Gasteiger partial charge in [0.15, 0.2) is 0 Å². The van der Waals surface area contributed by atoms with E-state index in [1.54, 1.807) is 6.20 Å². The molecule has 2 aliphatic rings. The minimum absolute atomic E-state index is 0. The largest absolute Gasteiger partial charge is 0.490 e. The Morgan fingerprint density at radius 3 is 3.04 bits per heavy atom. The summed E-state index contributed by atoms with van der Waals surface area (Å²) in [6, 6.07) is 2.59. The molecule has 5 nitrogen and oxygen atoms in total. The number of halogens is 1. The molecule has 0 spiro atoms. The number of ether oxygens (including phenoxy) is 1. The standard InChI is InChI=1S/C17H27N3O2.ClH/c21-8-2-3-14-5-7-20(12-14)16-9-17(11-18-10-16)22-13-15-4-1-6-19-15;/h9-11,14-15,19,21H,1-8,12-13H2;1H/t14-,15-;/m0./s1. The molecule has 2 saturated heterocycles. The Hall–Kier alpha value is -1.04. The van der Waals surface area contributed by atoms with Gasteiger partial charge in [-0.25, -0.2) is 0 Å². The first-order valence-corrected chi connectivity index (χ1v) is 8.52. The number of nitrogens with zero attached hydrogens (tertiary/aromatic N) is 2. The molecule has 1 aromatic rings. The van der Waals surface area contributed by atoms with Gasteiger partial charge in [0.05, 0.1) is 18.1 Å². The van der Waals surface area contributed by atoms with E-state index >= 15 is 0 Å². The SMILES string of the molecule is Cl.OCCC[C@H]1CCN(c2cncc(OC[C@@H]3CCCN3)c2)C1. The summed E-state index contributed by atoms with van der Waals surface area (Å²) in [6.07, 6.45) is 9.41. The van der Waals surface area contributed by atoms with Crippen molar-refractivity contribution in [2.24, 2.45) is 5.92 Å². The Labute approximate surface area is 144 Å². The molecule has 0 aliphatic carbocycles. The number of hydrogen-bond donors (Lipinski definition) is 2. The van der Waals surface area contributed by atoms with Gasteiger partial charge >= 0.3 is 0 Å². The molecular formula is C17H28ClN3O2. The number of anilines is 1. The third-order valence-corrected chi connectivity index (χ3v) is 4.73. The van der Waals surface area contributed by atoms with Gasteiger partial charge in [0.2, 0.25) is 0 Å². The number of aromatic nitrogens is 1. The van der Waals surface area contributed by atoms with Crippen LogP contribution in [0.25, 0.3) is 0 Å². The van der Waals surface area contributed by atoms with Crippen LogP contribution in [0.4, 0.5) is 5.69 Å². The van der Waals surface area contributed by atoms with Gasteiger partial charge in [-0.2, -0.15) is 0 Å². The number of hydrogen-bond acceptors (Lipinski definition) is 5. The molecule has 0 saturated carbocycles. The van der Waals surface area contributed by atoms with Crippen molar-refractivity contribution in [1.82, 2.24) is 10.3 Å². The zero-order valence-corrected chi connectivity index (χ0v) is 14.4. The summed E-state index contributed by atoms with van der Waals surface area (Å²) in [6.45, 7) is 4.27. The molecule has 130 valence electrons. The molecule has 3 rings (SSSR count). The topological polar surface area (TPSA) is 57.6 Å². The van der Waals surface area contributed by atoms with Gasteiger partial charge in [0, 0.05) is 31.8 Å². The summed E-state index contributed by atoms with van der Waals surface area (Å²) < 4.78 is 5.90. The van der Waals surface area contributed by atoms with Crippen molar-refractivity contribution in [3.8, 4) is 5.75 Å². The van der Waals surface area contributed by atoms with E-state index in [1.165, 1.54) is 19.3 Å². The van der Waals surface area contributed by atoms with Crippen LogP contribution in [-0.2, 0) is 0 Å². The third-order valence-electron chi connectivity index (χ3n) is 4.73. The van der Waals surface area contributed by atoms with Crippen molar-refractivity contribution in [3.63, 3.8) is 0 Å². The number of aliphatic hydroxyl groups is 1. The Balaban J connectivity index is 0.00000192. The van der Waals surface area contributed by atoms with Gasteiger partial charge in [-0.1, -0.05) is 0 Å². The molecule has 0 bridgehead atoms. The van der Waals surface area contributed by atoms with Crippen molar-refractivity contribution in [2.75, 3.05) is 37.7 Å². The van der Waals surface area contributed by atoms with Crippen LogP contribution < -0.4 is 15.0 Å². The van der Waals surface area contributed by atoms with E-state index < -0.39 is 0 Å². The van der Waals surface area contributed by atoms with Gasteiger partial charge in [-0.3, -0.25) is 4.98 Å². The number of rotatable bonds is 7. The second-order valence-electron chi connectivity index (χ2n) is 6.45. The molecule has 0 unspecified atom stereocenters. The number of pyridine rings is 1. The van der Waals surface area contributed by atoms with Gasteiger partial charge in [0.1, 0.15) is 12.4 Å². The number of aliphatic hydroxyl groups excluding tert-OH is 1. The summed E-state index contributed by atoms with van der Waals surface area (Å²) in [5, 5.41) is 12.4. The maximum absolute atomic E-state index is 8.95. The minimum atomic E-state index is 0. The molecule has 23 heavy (non-hydrogen) atoms. The fourth-order valence-corrected chi connectivity index (χ4v) is 3.44. The van der Waals surface area contributed by atoms with Crippen LogP contribution in [0.1, 0.15) is 32.1 Å². The number of nitrogens with one attached hydrogen (secondary N) is 1. The monoisotopic (exact) mass is 341 g/mol. The van der Waals surface area contributed by atoms with E-state index in [0.29, 0.717) is 18.6 Å². The molecule has 2 N–H and O–H groups in total. The second-order valence-corrected chi connectivity index (χ2v) is 6.45. The van der Waals surface area contributed by atoms with Crippen LogP contribution in [0.3, 0.4) is 0 Å². The fraction of sp³-hybridized carbons (Fsp3) is 0.706. The van der Waals surface area contributed by atoms with Gasteiger partial charge in [-0.05, 0) is 44.6 Å². The average Bonchev–Trinajstić information content (AvgIpc) is 3.23. The highest BCUT2D eigenvalue weighted by molar-refractivity contribution is 5.85. The van der Waals surface area contributed by atoms with Crippen molar-refractivity contribution >= 4 is 18.1 Å². The Kier molecular flexibility index (Phi) is 7.40. The minimum Gasteiger partial charge on any atom is -0.490 e. The molecule has 0 radical (unpaired) electrons. The Morgan fingerprint density at radius 2 is 2.26 bits per heavy atom. The third kappa shape index (κ3) is 5.23. The van der Waals surface area contributed by atoms with Crippen molar-refractivity contribution in [3.05, 3.63) is 18.5 Å². The normalized spacial score (nSPS) is 23.8. The average molecular weight is 342 g/mol. The van der Waals surface area contributed by atoms with Crippen LogP contribution in [-0.4, -0.2) is 49.0 Å². The summed E-state index contributed by atoms with van der Waals surface area (Å²) >= 11 is 0. The van der Waals surface area contributed by atoms with Crippen LogP contribution in [0.2, 0.25) is 0 Å². The van der Waals surface area contributed by atoms with Crippen LogP contribution in [0.15, 0.2) is 18.5 Å². The molecule has 6 heteroatoms. The molecule has 0 aromatic carbocycles. The molecule has 2 fully saturated rings. The molecule has 0 amide bonds. The highest BCUT2D eigenvalue weighted by Gasteiger charge is 2.23. The van der Waals surface area contributed by atoms with E-state index in [2.05, 4.69) is 21.3 Å². The Morgan fingerprint density at radius 1 is 1.35 bits per heavy atom. The summed E-state index contributed by atoms with van der Waals surface area (Å²) in [7, 11) is 0. The van der Waals surface area contributed by atoms with Crippen molar-refractivity contribution in [2.45, 2.75) is 38.1 Å². The lowest BCUT2D eigenvalue weighted by molar-refractivity contribution is 0.274. The second kappa shape index (κ2) is 9.30. The predicted molar refractivity (Wildman–Crippen MR) is 94.6 cm³/mol. The van der Waals surface area contributed by atoms with E-state index in [1.807, 2.05) is 6.20 Å². The van der Waals surface area contributed by atoms with E-state index in [4.69, 9.17) is 9.84 Å². The van der Waals surface area contributed by atoms with Crippen molar-refractivity contribution in [1.29, 1.82) is 0 Å². The smallest absolute Gasteiger partial charge is 0.139 e. The maximum atomic E-state index is 8.95.